The molecule has 0 atom stereocenters. The van der Waals surface area contributed by atoms with Crippen LogP contribution in [0.25, 0.3) is 17.1 Å². The molecular weight excluding hydrogens is 274 g/mol. The summed E-state index contributed by atoms with van der Waals surface area (Å²) < 4.78 is 1.64. The second-order valence-electron chi connectivity index (χ2n) is 4.19. The lowest BCUT2D eigenvalue weighted by molar-refractivity contribution is 0.112. The van der Waals surface area contributed by atoms with Gasteiger partial charge in [0.1, 0.15) is 5.69 Å². The minimum atomic E-state index is 0.499. The largest absolute Gasteiger partial charge is 0.298 e. The zero-order valence-electron chi connectivity index (χ0n) is 10.4. The van der Waals surface area contributed by atoms with Crippen LogP contribution in [0, 0.1) is 0 Å². The van der Waals surface area contributed by atoms with Crippen molar-refractivity contribution < 1.29 is 4.79 Å². The minimum absolute atomic E-state index is 0.499. The van der Waals surface area contributed by atoms with E-state index in [4.69, 9.17) is 11.6 Å². The summed E-state index contributed by atoms with van der Waals surface area (Å²) in [5.41, 5.74) is 2.57. The Morgan fingerprint density at radius 2 is 1.90 bits per heavy atom. The SMILES string of the molecule is O=Cc1cn(-c2ccc(Cl)cc2)nc1-c1ccccn1. The molecule has 0 spiro atoms. The lowest BCUT2D eigenvalue weighted by Gasteiger charge is -2.00. The first-order chi connectivity index (χ1) is 9.78. The zero-order chi connectivity index (χ0) is 13.9. The maximum Gasteiger partial charge on any atom is 0.153 e. The van der Waals surface area contributed by atoms with E-state index >= 15 is 0 Å². The van der Waals surface area contributed by atoms with Crippen molar-refractivity contribution in [3.8, 4) is 17.1 Å². The maximum absolute atomic E-state index is 11.2. The smallest absolute Gasteiger partial charge is 0.153 e. The average Bonchev–Trinajstić information content (AvgIpc) is 2.93. The van der Waals surface area contributed by atoms with Crippen LogP contribution in [0.4, 0.5) is 0 Å². The van der Waals surface area contributed by atoms with Crippen molar-refractivity contribution in [2.24, 2.45) is 0 Å². The molecule has 0 aliphatic carbocycles. The third-order valence-corrected chi connectivity index (χ3v) is 3.12. The molecule has 0 saturated heterocycles. The monoisotopic (exact) mass is 283 g/mol. The van der Waals surface area contributed by atoms with E-state index in [1.165, 1.54) is 0 Å². The normalized spacial score (nSPS) is 10.4. The second kappa shape index (κ2) is 5.27. The molecule has 2 aromatic heterocycles. The van der Waals surface area contributed by atoms with Gasteiger partial charge in [-0.15, -0.1) is 0 Å². The first-order valence-corrected chi connectivity index (χ1v) is 6.38. The predicted molar refractivity (Wildman–Crippen MR) is 77.2 cm³/mol. The first-order valence-electron chi connectivity index (χ1n) is 6.00. The topological polar surface area (TPSA) is 47.8 Å². The molecule has 3 aromatic rings. The molecule has 0 aliphatic heterocycles. The molecule has 98 valence electrons. The summed E-state index contributed by atoms with van der Waals surface area (Å²) >= 11 is 5.86. The van der Waals surface area contributed by atoms with Gasteiger partial charge in [0.15, 0.2) is 6.29 Å². The molecule has 0 bridgehead atoms. The van der Waals surface area contributed by atoms with Gasteiger partial charge in [0, 0.05) is 17.4 Å². The van der Waals surface area contributed by atoms with Gasteiger partial charge in [0.2, 0.25) is 0 Å². The predicted octanol–water partition coefficient (Wildman–Crippen LogP) is 3.40. The second-order valence-corrected chi connectivity index (χ2v) is 4.62. The van der Waals surface area contributed by atoms with Crippen LogP contribution in [-0.2, 0) is 0 Å². The van der Waals surface area contributed by atoms with Gasteiger partial charge in [-0.05, 0) is 36.4 Å². The van der Waals surface area contributed by atoms with Crippen molar-refractivity contribution in [1.29, 1.82) is 0 Å². The van der Waals surface area contributed by atoms with E-state index in [0.29, 0.717) is 22.0 Å². The summed E-state index contributed by atoms with van der Waals surface area (Å²) in [5.74, 6) is 0. The van der Waals surface area contributed by atoms with E-state index in [0.717, 1.165) is 12.0 Å². The van der Waals surface area contributed by atoms with E-state index < -0.39 is 0 Å². The van der Waals surface area contributed by atoms with E-state index in [-0.39, 0.29) is 0 Å². The summed E-state index contributed by atoms with van der Waals surface area (Å²) in [6.07, 6.45) is 4.13. The Labute approximate surface area is 120 Å². The molecule has 0 fully saturated rings. The van der Waals surface area contributed by atoms with Crippen LogP contribution in [-0.4, -0.2) is 21.1 Å². The Morgan fingerprint density at radius 3 is 2.55 bits per heavy atom. The summed E-state index contributed by atoms with van der Waals surface area (Å²) in [6.45, 7) is 0. The van der Waals surface area contributed by atoms with Crippen molar-refractivity contribution in [3.05, 3.63) is 65.4 Å². The summed E-state index contributed by atoms with van der Waals surface area (Å²) in [4.78, 5) is 15.4. The van der Waals surface area contributed by atoms with Gasteiger partial charge in [-0.25, -0.2) is 4.68 Å². The fourth-order valence-electron chi connectivity index (χ4n) is 1.90. The first kappa shape index (κ1) is 12.6. The van der Waals surface area contributed by atoms with E-state index in [2.05, 4.69) is 10.1 Å². The van der Waals surface area contributed by atoms with Gasteiger partial charge >= 0.3 is 0 Å². The molecule has 0 amide bonds. The third-order valence-electron chi connectivity index (χ3n) is 2.87. The molecule has 0 unspecified atom stereocenters. The van der Waals surface area contributed by atoms with Crippen LogP contribution in [0.15, 0.2) is 54.9 Å². The Balaban J connectivity index is 2.09. The quantitative estimate of drug-likeness (QED) is 0.692. The molecule has 0 saturated carbocycles. The highest BCUT2D eigenvalue weighted by Gasteiger charge is 2.12. The highest BCUT2D eigenvalue weighted by atomic mass is 35.5. The summed E-state index contributed by atoms with van der Waals surface area (Å²) in [6, 6.07) is 12.7. The zero-order valence-corrected chi connectivity index (χ0v) is 11.2. The van der Waals surface area contributed by atoms with Crippen molar-refractivity contribution >= 4 is 17.9 Å². The van der Waals surface area contributed by atoms with Crippen LogP contribution < -0.4 is 0 Å². The van der Waals surface area contributed by atoms with Crippen molar-refractivity contribution in [2.75, 3.05) is 0 Å². The number of hydrogen-bond acceptors (Lipinski definition) is 3. The standard InChI is InChI=1S/C15H10ClN3O/c16-12-4-6-13(7-5-12)19-9-11(10-20)15(18-19)14-3-1-2-8-17-14/h1-10H. The number of halogens is 1. The van der Waals surface area contributed by atoms with Crippen molar-refractivity contribution in [3.63, 3.8) is 0 Å². The number of rotatable bonds is 3. The van der Waals surface area contributed by atoms with Gasteiger partial charge in [0.05, 0.1) is 16.9 Å². The average molecular weight is 284 g/mol. The fraction of sp³-hybridized carbons (Fsp3) is 0. The summed E-state index contributed by atoms with van der Waals surface area (Å²) in [7, 11) is 0. The molecule has 5 heteroatoms. The minimum Gasteiger partial charge on any atom is -0.298 e. The van der Waals surface area contributed by atoms with Gasteiger partial charge < -0.3 is 0 Å². The molecule has 4 nitrogen and oxygen atoms in total. The Bertz CT molecular complexity index is 736. The highest BCUT2D eigenvalue weighted by molar-refractivity contribution is 6.30. The van der Waals surface area contributed by atoms with Crippen molar-refractivity contribution in [1.82, 2.24) is 14.8 Å². The van der Waals surface area contributed by atoms with Gasteiger partial charge in [0.25, 0.3) is 0 Å². The molecule has 0 aliphatic rings. The molecule has 1 aromatic carbocycles. The summed E-state index contributed by atoms with van der Waals surface area (Å²) in [5, 5.41) is 5.09. The fourth-order valence-corrected chi connectivity index (χ4v) is 2.03. The maximum atomic E-state index is 11.2. The van der Waals surface area contributed by atoms with E-state index in [9.17, 15) is 4.79 Å². The van der Waals surface area contributed by atoms with Crippen LogP contribution in [0.1, 0.15) is 10.4 Å². The lowest BCUT2D eigenvalue weighted by Crippen LogP contribution is -1.94. The van der Waals surface area contributed by atoms with Crippen LogP contribution in [0.5, 0.6) is 0 Å². The molecule has 2 heterocycles. The number of carbonyl (C=O) groups excluding carboxylic acids is 1. The van der Waals surface area contributed by atoms with Crippen LogP contribution in [0.3, 0.4) is 0 Å². The molecular formula is C15H10ClN3O. The molecule has 20 heavy (non-hydrogen) atoms. The molecule has 3 rings (SSSR count). The van der Waals surface area contributed by atoms with Gasteiger partial charge in [-0.1, -0.05) is 17.7 Å². The lowest BCUT2D eigenvalue weighted by atomic mass is 10.2. The number of benzene rings is 1. The molecule has 0 N–H and O–H groups in total. The Morgan fingerprint density at radius 1 is 1.10 bits per heavy atom. The van der Waals surface area contributed by atoms with Crippen molar-refractivity contribution in [2.45, 2.75) is 0 Å². The number of aromatic nitrogens is 3. The van der Waals surface area contributed by atoms with E-state index in [1.54, 1.807) is 29.2 Å². The Kier molecular flexibility index (Phi) is 3.31. The van der Waals surface area contributed by atoms with E-state index in [1.807, 2.05) is 30.3 Å². The van der Waals surface area contributed by atoms with Gasteiger partial charge in [-0.2, -0.15) is 5.10 Å². The molecule has 0 radical (unpaired) electrons. The number of pyridine rings is 1. The van der Waals surface area contributed by atoms with Crippen LogP contribution >= 0.6 is 11.6 Å². The number of carbonyl (C=O) groups is 1. The number of nitrogens with zero attached hydrogens (tertiary/aromatic N) is 3. The number of aldehydes is 1. The number of hydrogen-bond donors (Lipinski definition) is 0. The van der Waals surface area contributed by atoms with Crippen LogP contribution in [0.2, 0.25) is 5.02 Å². The van der Waals surface area contributed by atoms with Gasteiger partial charge in [-0.3, -0.25) is 9.78 Å². The third kappa shape index (κ3) is 2.33. The Hall–Kier alpha value is -2.46. The highest BCUT2D eigenvalue weighted by Crippen LogP contribution is 2.21.